The molecular formula is C22H22F3N3O2. The SMILES string of the molecule is N[C@@H](CO)C(=O)NC[C@H]1C[C@H](c2c(-c3ccc(F)cc3)[nH]c3c(F)cc(F)cc32)C1. The first kappa shape index (κ1) is 20.4. The molecule has 1 atom stereocenters. The van der Waals surface area contributed by atoms with Crippen molar-refractivity contribution in [3.8, 4) is 11.3 Å². The number of aromatic amines is 1. The van der Waals surface area contributed by atoms with E-state index in [1.165, 1.54) is 18.2 Å². The van der Waals surface area contributed by atoms with Gasteiger partial charge in [0.15, 0.2) is 0 Å². The maximum atomic E-state index is 14.4. The van der Waals surface area contributed by atoms with Gasteiger partial charge in [0.25, 0.3) is 0 Å². The van der Waals surface area contributed by atoms with Gasteiger partial charge in [0, 0.05) is 18.0 Å². The van der Waals surface area contributed by atoms with Crippen LogP contribution in [0.3, 0.4) is 0 Å². The number of fused-ring (bicyclic) bond motifs is 1. The summed E-state index contributed by atoms with van der Waals surface area (Å²) in [5, 5.41) is 12.1. The summed E-state index contributed by atoms with van der Waals surface area (Å²) in [5.41, 5.74) is 7.83. The Hall–Kier alpha value is -2.84. The van der Waals surface area contributed by atoms with Crippen LogP contribution in [0.2, 0.25) is 0 Å². The Balaban J connectivity index is 1.61. The van der Waals surface area contributed by atoms with Crippen molar-refractivity contribution in [2.45, 2.75) is 24.8 Å². The van der Waals surface area contributed by atoms with Crippen molar-refractivity contribution >= 4 is 16.8 Å². The Labute approximate surface area is 171 Å². The fourth-order valence-electron chi connectivity index (χ4n) is 4.11. The van der Waals surface area contributed by atoms with E-state index in [4.69, 9.17) is 10.8 Å². The number of nitrogens with two attached hydrogens (primary N) is 1. The molecule has 4 rings (SSSR count). The minimum Gasteiger partial charge on any atom is -0.394 e. The summed E-state index contributed by atoms with van der Waals surface area (Å²) in [4.78, 5) is 14.8. The number of rotatable bonds is 6. The molecule has 0 radical (unpaired) electrons. The van der Waals surface area contributed by atoms with Crippen LogP contribution in [0.4, 0.5) is 13.2 Å². The molecule has 0 bridgehead atoms. The molecule has 0 aliphatic heterocycles. The van der Waals surface area contributed by atoms with Gasteiger partial charge in [-0.15, -0.1) is 0 Å². The number of hydrogen-bond donors (Lipinski definition) is 4. The summed E-state index contributed by atoms with van der Waals surface area (Å²) in [6.07, 6.45) is 1.43. The smallest absolute Gasteiger partial charge is 0.239 e. The van der Waals surface area contributed by atoms with Crippen molar-refractivity contribution in [1.82, 2.24) is 10.3 Å². The van der Waals surface area contributed by atoms with Gasteiger partial charge in [-0.3, -0.25) is 4.79 Å². The third kappa shape index (κ3) is 3.80. The number of aliphatic hydroxyl groups excluding tert-OH is 1. The zero-order chi connectivity index (χ0) is 21.4. The number of amides is 1. The number of benzene rings is 2. The fraction of sp³-hybridized carbons (Fsp3) is 0.318. The first-order valence-corrected chi connectivity index (χ1v) is 9.78. The van der Waals surface area contributed by atoms with Gasteiger partial charge in [-0.2, -0.15) is 0 Å². The lowest BCUT2D eigenvalue weighted by atomic mass is 9.70. The topological polar surface area (TPSA) is 91.1 Å². The summed E-state index contributed by atoms with van der Waals surface area (Å²) in [6, 6.07) is 7.05. The monoisotopic (exact) mass is 417 g/mol. The van der Waals surface area contributed by atoms with Crippen molar-refractivity contribution in [3.05, 3.63) is 59.4 Å². The summed E-state index contributed by atoms with van der Waals surface area (Å²) in [5.74, 6) is -1.91. The van der Waals surface area contributed by atoms with Crippen LogP contribution in [0, 0.1) is 23.4 Å². The molecule has 5 N–H and O–H groups in total. The second kappa shape index (κ2) is 8.12. The van der Waals surface area contributed by atoms with Crippen LogP contribution >= 0.6 is 0 Å². The average molecular weight is 417 g/mol. The van der Waals surface area contributed by atoms with Crippen molar-refractivity contribution in [1.29, 1.82) is 0 Å². The molecule has 0 saturated heterocycles. The Bertz CT molecular complexity index is 1080. The first-order chi connectivity index (χ1) is 14.4. The molecule has 1 amide bonds. The van der Waals surface area contributed by atoms with E-state index in [2.05, 4.69) is 10.3 Å². The maximum absolute atomic E-state index is 14.4. The van der Waals surface area contributed by atoms with E-state index in [0.29, 0.717) is 36.0 Å². The quantitative estimate of drug-likeness (QED) is 0.497. The second-order valence-electron chi connectivity index (χ2n) is 7.80. The largest absolute Gasteiger partial charge is 0.394 e. The van der Waals surface area contributed by atoms with Gasteiger partial charge in [-0.25, -0.2) is 13.2 Å². The Kier molecular flexibility index (Phi) is 5.53. The highest BCUT2D eigenvalue weighted by Crippen LogP contribution is 2.48. The van der Waals surface area contributed by atoms with E-state index in [1.807, 2.05) is 0 Å². The fourth-order valence-corrected chi connectivity index (χ4v) is 4.11. The lowest BCUT2D eigenvalue weighted by Gasteiger charge is -2.36. The number of nitrogens with one attached hydrogen (secondary N) is 2. The highest BCUT2D eigenvalue weighted by molar-refractivity contribution is 5.92. The van der Waals surface area contributed by atoms with Crippen molar-refractivity contribution in [2.75, 3.05) is 13.2 Å². The van der Waals surface area contributed by atoms with E-state index >= 15 is 0 Å². The van der Waals surface area contributed by atoms with E-state index < -0.39 is 30.2 Å². The third-order valence-corrected chi connectivity index (χ3v) is 5.74. The molecule has 1 aromatic heterocycles. The summed E-state index contributed by atoms with van der Waals surface area (Å²) in [6.45, 7) is -0.00733. The lowest BCUT2D eigenvalue weighted by molar-refractivity contribution is -0.123. The molecule has 158 valence electrons. The number of halogens is 3. The second-order valence-corrected chi connectivity index (χ2v) is 7.80. The van der Waals surface area contributed by atoms with Crippen molar-refractivity contribution in [2.24, 2.45) is 11.7 Å². The number of carbonyl (C=O) groups excluding carboxylic acids is 1. The number of aromatic nitrogens is 1. The van der Waals surface area contributed by atoms with Crippen LogP contribution < -0.4 is 11.1 Å². The summed E-state index contributed by atoms with van der Waals surface area (Å²) < 4.78 is 41.7. The van der Waals surface area contributed by atoms with E-state index in [9.17, 15) is 18.0 Å². The predicted molar refractivity (Wildman–Crippen MR) is 107 cm³/mol. The number of carbonyl (C=O) groups is 1. The van der Waals surface area contributed by atoms with E-state index in [-0.39, 0.29) is 23.2 Å². The summed E-state index contributed by atoms with van der Waals surface area (Å²) >= 11 is 0. The van der Waals surface area contributed by atoms with Gasteiger partial charge >= 0.3 is 0 Å². The molecule has 0 unspecified atom stereocenters. The molecule has 1 saturated carbocycles. The normalized spacial score (nSPS) is 19.5. The minimum atomic E-state index is -0.953. The standard InChI is InChI=1S/C22H22F3N3O2/c23-14-3-1-12(2-4-14)20-19(16-7-15(24)8-17(25)21(16)28-20)13-5-11(6-13)9-27-22(30)18(26)10-29/h1-4,7-8,11,13,18,28-29H,5-6,9-10,26H2,(H,27,30)/t11-,13-,18-/m0/s1. The Morgan fingerprint density at radius 2 is 1.87 bits per heavy atom. The van der Waals surface area contributed by atoms with Crippen LogP contribution in [0.25, 0.3) is 22.2 Å². The van der Waals surface area contributed by atoms with Crippen LogP contribution in [0.1, 0.15) is 24.3 Å². The van der Waals surface area contributed by atoms with E-state index in [0.717, 1.165) is 11.6 Å². The van der Waals surface area contributed by atoms with Crippen LogP contribution in [-0.2, 0) is 4.79 Å². The van der Waals surface area contributed by atoms with Crippen LogP contribution in [0.5, 0.6) is 0 Å². The van der Waals surface area contributed by atoms with Crippen molar-refractivity contribution < 1.29 is 23.1 Å². The zero-order valence-corrected chi connectivity index (χ0v) is 16.1. The van der Waals surface area contributed by atoms with Gasteiger partial charge in [-0.05, 0) is 66.1 Å². The Morgan fingerprint density at radius 3 is 2.53 bits per heavy atom. The lowest BCUT2D eigenvalue weighted by Crippen LogP contribution is -2.45. The molecule has 1 aliphatic carbocycles. The molecule has 1 heterocycles. The minimum absolute atomic E-state index is 0.0356. The number of H-pyrrole nitrogens is 1. The van der Waals surface area contributed by atoms with Gasteiger partial charge in [0.2, 0.25) is 5.91 Å². The average Bonchev–Trinajstić information content (AvgIpc) is 3.06. The third-order valence-electron chi connectivity index (χ3n) is 5.74. The molecule has 1 aliphatic rings. The highest BCUT2D eigenvalue weighted by Gasteiger charge is 2.35. The molecule has 3 aromatic rings. The predicted octanol–water partition coefficient (Wildman–Crippen LogP) is 3.18. The van der Waals surface area contributed by atoms with Gasteiger partial charge < -0.3 is 21.1 Å². The van der Waals surface area contributed by atoms with Crippen molar-refractivity contribution in [3.63, 3.8) is 0 Å². The molecule has 8 heteroatoms. The first-order valence-electron chi connectivity index (χ1n) is 9.78. The van der Waals surface area contributed by atoms with Crippen LogP contribution in [0.15, 0.2) is 36.4 Å². The van der Waals surface area contributed by atoms with Crippen LogP contribution in [-0.4, -0.2) is 35.2 Å². The van der Waals surface area contributed by atoms with Gasteiger partial charge in [0.05, 0.1) is 17.8 Å². The number of hydrogen-bond acceptors (Lipinski definition) is 3. The molecule has 30 heavy (non-hydrogen) atoms. The zero-order valence-electron chi connectivity index (χ0n) is 16.1. The highest BCUT2D eigenvalue weighted by atomic mass is 19.1. The van der Waals surface area contributed by atoms with Gasteiger partial charge in [-0.1, -0.05) is 0 Å². The van der Waals surface area contributed by atoms with E-state index in [1.54, 1.807) is 12.1 Å². The molecule has 0 spiro atoms. The molecule has 1 fully saturated rings. The molecular weight excluding hydrogens is 395 g/mol. The van der Waals surface area contributed by atoms with Gasteiger partial charge in [0.1, 0.15) is 23.5 Å². The molecule has 5 nitrogen and oxygen atoms in total. The maximum Gasteiger partial charge on any atom is 0.239 e. The molecule has 2 aromatic carbocycles. The number of aliphatic hydroxyl groups is 1. The summed E-state index contributed by atoms with van der Waals surface area (Å²) in [7, 11) is 0. The Morgan fingerprint density at radius 1 is 1.17 bits per heavy atom.